The van der Waals surface area contributed by atoms with Gasteiger partial charge in [-0.2, -0.15) is 0 Å². The smallest absolute Gasteiger partial charge is 0.270 e. The van der Waals surface area contributed by atoms with Crippen molar-refractivity contribution in [1.82, 2.24) is 20.1 Å². The number of carbonyl (C=O) groups is 1. The first-order valence-electron chi connectivity index (χ1n) is 13.3. The normalized spacial score (nSPS) is 18.1. The molecule has 0 bridgehead atoms. The number of nitrogens with one attached hydrogen (secondary N) is 2. The van der Waals surface area contributed by atoms with E-state index in [0.717, 1.165) is 70.8 Å². The molecule has 2 aliphatic heterocycles. The minimum Gasteiger partial charge on any atom is -0.367 e. The van der Waals surface area contributed by atoms with Crippen molar-refractivity contribution in [2.75, 3.05) is 31.5 Å². The summed E-state index contributed by atoms with van der Waals surface area (Å²) in [5.74, 6) is 0.722. The van der Waals surface area contributed by atoms with E-state index in [1.807, 2.05) is 18.2 Å². The van der Waals surface area contributed by atoms with Crippen LogP contribution in [-0.2, 0) is 13.1 Å². The molecule has 3 heterocycles. The van der Waals surface area contributed by atoms with Gasteiger partial charge in [0.25, 0.3) is 5.91 Å². The van der Waals surface area contributed by atoms with E-state index in [1.165, 1.54) is 11.1 Å². The van der Waals surface area contributed by atoms with Gasteiger partial charge in [-0.15, -0.1) is 0 Å². The van der Waals surface area contributed by atoms with Gasteiger partial charge in [-0.1, -0.05) is 66.7 Å². The number of piperidine rings is 2. The summed E-state index contributed by atoms with van der Waals surface area (Å²) in [4.78, 5) is 22.5. The van der Waals surface area contributed by atoms with Crippen molar-refractivity contribution >= 4 is 11.7 Å². The number of carbonyl (C=O) groups excluding carboxylic acids is 1. The molecule has 2 saturated heterocycles. The molecule has 1 aromatic heterocycles. The zero-order valence-corrected chi connectivity index (χ0v) is 21.0. The molecule has 3 aromatic rings. The number of amides is 1. The summed E-state index contributed by atoms with van der Waals surface area (Å²) in [6, 6.07) is 27.5. The van der Waals surface area contributed by atoms with Crippen LogP contribution < -0.4 is 10.6 Å². The number of likely N-dealkylation sites (tertiary alicyclic amines) is 2. The van der Waals surface area contributed by atoms with Crippen molar-refractivity contribution in [2.24, 2.45) is 0 Å². The number of pyridine rings is 1. The minimum absolute atomic E-state index is 0.0714. The maximum atomic E-state index is 12.9. The molecule has 0 aliphatic carbocycles. The first kappa shape index (κ1) is 24.5. The predicted octanol–water partition coefficient (Wildman–Crippen LogP) is 4.55. The number of anilines is 1. The lowest BCUT2D eigenvalue weighted by Crippen LogP contribution is -2.44. The van der Waals surface area contributed by atoms with Crippen molar-refractivity contribution in [3.05, 3.63) is 95.7 Å². The number of hydrogen-bond acceptors (Lipinski definition) is 5. The first-order chi connectivity index (χ1) is 17.7. The maximum absolute atomic E-state index is 12.9. The largest absolute Gasteiger partial charge is 0.367 e. The quantitative estimate of drug-likeness (QED) is 0.492. The highest BCUT2D eigenvalue weighted by molar-refractivity contribution is 5.92. The zero-order valence-electron chi connectivity index (χ0n) is 21.0. The van der Waals surface area contributed by atoms with Gasteiger partial charge in [-0.3, -0.25) is 14.6 Å². The van der Waals surface area contributed by atoms with Crippen LogP contribution in [0.2, 0.25) is 0 Å². The average molecular weight is 484 g/mol. The summed E-state index contributed by atoms with van der Waals surface area (Å²) >= 11 is 0. The topological polar surface area (TPSA) is 60.5 Å². The van der Waals surface area contributed by atoms with Gasteiger partial charge in [0.2, 0.25) is 0 Å². The van der Waals surface area contributed by atoms with E-state index in [4.69, 9.17) is 0 Å². The Bertz CT molecular complexity index is 1090. The third-order valence-corrected chi connectivity index (χ3v) is 7.34. The van der Waals surface area contributed by atoms with E-state index >= 15 is 0 Å². The van der Waals surface area contributed by atoms with Gasteiger partial charge in [-0.05, 0) is 48.9 Å². The molecule has 36 heavy (non-hydrogen) atoms. The number of benzene rings is 2. The van der Waals surface area contributed by atoms with E-state index in [9.17, 15) is 4.79 Å². The predicted molar refractivity (Wildman–Crippen MR) is 145 cm³/mol. The fourth-order valence-corrected chi connectivity index (χ4v) is 5.26. The van der Waals surface area contributed by atoms with Gasteiger partial charge in [-0.25, -0.2) is 4.98 Å². The summed E-state index contributed by atoms with van der Waals surface area (Å²) in [5, 5.41) is 6.79. The molecule has 1 amide bonds. The molecule has 2 aromatic carbocycles. The molecule has 0 unspecified atom stereocenters. The lowest BCUT2D eigenvalue weighted by atomic mass is 10.0. The van der Waals surface area contributed by atoms with Crippen LogP contribution in [0.25, 0.3) is 0 Å². The van der Waals surface area contributed by atoms with Gasteiger partial charge in [0.15, 0.2) is 0 Å². The first-order valence-corrected chi connectivity index (χ1v) is 13.3. The average Bonchev–Trinajstić information content (AvgIpc) is 2.92. The summed E-state index contributed by atoms with van der Waals surface area (Å²) in [7, 11) is 0. The monoisotopic (exact) mass is 483 g/mol. The summed E-state index contributed by atoms with van der Waals surface area (Å²) < 4.78 is 0. The molecular formula is C30H37N5O. The second-order valence-electron chi connectivity index (χ2n) is 10.1. The highest BCUT2D eigenvalue weighted by atomic mass is 16.1. The van der Waals surface area contributed by atoms with Crippen LogP contribution in [0.1, 0.15) is 47.3 Å². The maximum Gasteiger partial charge on any atom is 0.270 e. The Kier molecular flexibility index (Phi) is 8.26. The van der Waals surface area contributed by atoms with Gasteiger partial charge in [0.1, 0.15) is 11.5 Å². The number of aromatic nitrogens is 1. The minimum atomic E-state index is -0.0714. The molecule has 2 fully saturated rings. The third kappa shape index (κ3) is 6.93. The Hall–Kier alpha value is -3.22. The van der Waals surface area contributed by atoms with Crippen LogP contribution in [0.15, 0.2) is 78.9 Å². The Morgan fingerprint density at radius 3 is 1.78 bits per heavy atom. The van der Waals surface area contributed by atoms with Gasteiger partial charge >= 0.3 is 0 Å². The van der Waals surface area contributed by atoms with Crippen LogP contribution in [-0.4, -0.2) is 59.0 Å². The van der Waals surface area contributed by atoms with Crippen molar-refractivity contribution in [3.63, 3.8) is 0 Å². The standard InChI is InChI=1S/C30H37N5O/c36-30(32-27-16-20-35(21-17-27)23-25-10-5-2-6-11-25)28-12-7-13-29(33-28)31-26-14-18-34(19-15-26)22-24-8-3-1-4-9-24/h1-13,26-27H,14-23H2,(H,31,33)(H,32,36). The number of hydrogen-bond donors (Lipinski definition) is 2. The lowest BCUT2D eigenvalue weighted by Gasteiger charge is -2.33. The number of nitrogens with zero attached hydrogens (tertiary/aromatic N) is 3. The van der Waals surface area contributed by atoms with E-state index in [0.29, 0.717) is 11.7 Å². The Balaban J connectivity index is 1.06. The SMILES string of the molecule is O=C(NC1CCN(Cc2ccccc2)CC1)c1cccc(NC2CCN(Cc3ccccc3)CC2)n1. The zero-order chi connectivity index (χ0) is 24.6. The molecular weight excluding hydrogens is 446 g/mol. The van der Waals surface area contributed by atoms with Crippen molar-refractivity contribution in [2.45, 2.75) is 50.9 Å². The van der Waals surface area contributed by atoms with Crippen LogP contribution >= 0.6 is 0 Å². The molecule has 2 aliphatic rings. The van der Waals surface area contributed by atoms with E-state index in [-0.39, 0.29) is 11.9 Å². The van der Waals surface area contributed by atoms with Gasteiger partial charge < -0.3 is 10.6 Å². The number of rotatable bonds is 8. The second kappa shape index (κ2) is 12.2. The molecule has 0 atom stereocenters. The molecule has 6 heteroatoms. The summed E-state index contributed by atoms with van der Waals surface area (Å²) in [6.45, 7) is 6.11. The molecule has 0 saturated carbocycles. The molecule has 6 nitrogen and oxygen atoms in total. The third-order valence-electron chi connectivity index (χ3n) is 7.34. The molecule has 0 spiro atoms. The molecule has 2 N–H and O–H groups in total. The van der Waals surface area contributed by atoms with Crippen molar-refractivity contribution in [1.29, 1.82) is 0 Å². The fourth-order valence-electron chi connectivity index (χ4n) is 5.26. The second-order valence-corrected chi connectivity index (χ2v) is 10.1. The van der Waals surface area contributed by atoms with Crippen LogP contribution in [0.3, 0.4) is 0 Å². The molecule has 188 valence electrons. The lowest BCUT2D eigenvalue weighted by molar-refractivity contribution is 0.0904. The summed E-state index contributed by atoms with van der Waals surface area (Å²) in [6.07, 6.45) is 4.09. The van der Waals surface area contributed by atoms with Crippen LogP contribution in [0.5, 0.6) is 0 Å². The Labute approximate surface area is 214 Å². The highest BCUT2D eigenvalue weighted by Gasteiger charge is 2.23. The van der Waals surface area contributed by atoms with E-state index in [1.54, 1.807) is 0 Å². The van der Waals surface area contributed by atoms with Crippen molar-refractivity contribution < 1.29 is 4.79 Å². The van der Waals surface area contributed by atoms with Gasteiger partial charge in [0, 0.05) is 51.4 Å². The van der Waals surface area contributed by atoms with Crippen LogP contribution in [0, 0.1) is 0 Å². The fraction of sp³-hybridized carbons (Fsp3) is 0.400. The summed E-state index contributed by atoms with van der Waals surface area (Å²) in [5.41, 5.74) is 3.20. The Morgan fingerprint density at radius 1 is 0.694 bits per heavy atom. The van der Waals surface area contributed by atoms with E-state index in [2.05, 4.69) is 86.1 Å². The molecule has 5 rings (SSSR count). The molecule has 0 radical (unpaired) electrons. The van der Waals surface area contributed by atoms with Gasteiger partial charge in [0.05, 0.1) is 0 Å². The Morgan fingerprint density at radius 2 is 1.22 bits per heavy atom. The van der Waals surface area contributed by atoms with Crippen LogP contribution in [0.4, 0.5) is 5.82 Å². The highest BCUT2D eigenvalue weighted by Crippen LogP contribution is 2.18. The van der Waals surface area contributed by atoms with E-state index < -0.39 is 0 Å². The van der Waals surface area contributed by atoms with Crippen molar-refractivity contribution in [3.8, 4) is 0 Å².